The molecule has 0 heterocycles. The first-order valence-corrected chi connectivity index (χ1v) is 10.6. The van der Waals surface area contributed by atoms with E-state index < -0.39 is 6.04 Å². The second kappa shape index (κ2) is 10.8. The Kier molecular flexibility index (Phi) is 8.46. The predicted molar refractivity (Wildman–Crippen MR) is 120 cm³/mol. The van der Waals surface area contributed by atoms with Crippen molar-refractivity contribution in [2.24, 2.45) is 0 Å². The molecule has 1 N–H and O–H groups in total. The molecule has 30 heavy (non-hydrogen) atoms. The number of carbonyl (C=O) groups is 2. The van der Waals surface area contributed by atoms with Crippen LogP contribution in [0, 0.1) is 20.8 Å². The number of nitrogens with zero attached hydrogens (tertiary/aromatic N) is 1. The first-order chi connectivity index (χ1) is 14.2. The smallest absolute Gasteiger partial charge is 0.261 e. The molecule has 0 saturated heterocycles. The maximum atomic E-state index is 13.2. The zero-order valence-corrected chi connectivity index (χ0v) is 19.0. The number of benzene rings is 2. The number of rotatable bonds is 9. The molecule has 162 valence electrons. The summed E-state index contributed by atoms with van der Waals surface area (Å²) in [6, 6.07) is 13.1. The molecule has 0 radical (unpaired) electrons. The van der Waals surface area contributed by atoms with Crippen molar-refractivity contribution in [3.05, 3.63) is 64.7 Å². The van der Waals surface area contributed by atoms with Crippen LogP contribution in [0.2, 0.25) is 0 Å². The Morgan fingerprint density at radius 3 is 2.30 bits per heavy atom. The standard InChI is InChI=1S/C25H34N2O3/c1-7-23(25(29)26-17(2)3)27(15-21-11-9-8-10-19(21)5)24(28)16-30-22-13-12-18(4)20(6)14-22/h8-14,17,23H,7,15-16H2,1-6H3,(H,26,29)/t23-/m1/s1. The average Bonchev–Trinajstić information content (AvgIpc) is 2.69. The predicted octanol–water partition coefficient (Wildman–Crippen LogP) is 4.32. The van der Waals surface area contributed by atoms with Gasteiger partial charge in [-0.3, -0.25) is 9.59 Å². The summed E-state index contributed by atoms with van der Waals surface area (Å²) in [4.78, 5) is 27.7. The molecule has 0 bridgehead atoms. The van der Waals surface area contributed by atoms with E-state index in [1.165, 1.54) is 5.56 Å². The van der Waals surface area contributed by atoms with E-state index in [-0.39, 0.29) is 24.5 Å². The third-order valence-corrected chi connectivity index (χ3v) is 5.26. The molecule has 0 aliphatic heterocycles. The summed E-state index contributed by atoms with van der Waals surface area (Å²) in [5.74, 6) is 0.310. The maximum absolute atomic E-state index is 13.2. The lowest BCUT2D eigenvalue weighted by Gasteiger charge is -2.31. The van der Waals surface area contributed by atoms with Gasteiger partial charge in [-0.15, -0.1) is 0 Å². The number of hydrogen-bond acceptors (Lipinski definition) is 3. The second-order valence-electron chi connectivity index (χ2n) is 8.07. The summed E-state index contributed by atoms with van der Waals surface area (Å²) >= 11 is 0. The van der Waals surface area contributed by atoms with Crippen LogP contribution in [0.1, 0.15) is 49.4 Å². The van der Waals surface area contributed by atoms with E-state index in [9.17, 15) is 9.59 Å². The van der Waals surface area contributed by atoms with Crippen molar-refractivity contribution in [3.8, 4) is 5.75 Å². The number of carbonyl (C=O) groups excluding carboxylic acids is 2. The highest BCUT2D eigenvalue weighted by Gasteiger charge is 2.29. The highest BCUT2D eigenvalue weighted by Crippen LogP contribution is 2.18. The number of aryl methyl sites for hydroxylation is 3. The zero-order valence-electron chi connectivity index (χ0n) is 19.0. The highest BCUT2D eigenvalue weighted by molar-refractivity contribution is 5.88. The van der Waals surface area contributed by atoms with Crippen LogP contribution in [0.25, 0.3) is 0 Å². The number of ether oxygens (including phenoxy) is 1. The zero-order chi connectivity index (χ0) is 22.3. The molecule has 0 aliphatic rings. The summed E-state index contributed by atoms with van der Waals surface area (Å²) < 4.78 is 5.79. The van der Waals surface area contributed by atoms with Crippen molar-refractivity contribution in [2.75, 3.05) is 6.61 Å². The maximum Gasteiger partial charge on any atom is 0.261 e. The molecular weight excluding hydrogens is 376 g/mol. The Hall–Kier alpha value is -2.82. The molecule has 0 unspecified atom stereocenters. The van der Waals surface area contributed by atoms with Crippen LogP contribution in [-0.4, -0.2) is 35.4 Å². The quantitative estimate of drug-likeness (QED) is 0.670. The molecule has 5 nitrogen and oxygen atoms in total. The fourth-order valence-electron chi connectivity index (χ4n) is 3.30. The average molecular weight is 411 g/mol. The molecule has 0 saturated carbocycles. The number of nitrogens with one attached hydrogen (secondary N) is 1. The third kappa shape index (κ3) is 6.34. The molecule has 2 aromatic carbocycles. The van der Waals surface area contributed by atoms with Gasteiger partial charge >= 0.3 is 0 Å². The van der Waals surface area contributed by atoms with Gasteiger partial charge in [-0.2, -0.15) is 0 Å². The second-order valence-corrected chi connectivity index (χ2v) is 8.07. The summed E-state index contributed by atoms with van der Waals surface area (Å²) in [7, 11) is 0. The normalized spacial score (nSPS) is 11.8. The Morgan fingerprint density at radius 2 is 1.70 bits per heavy atom. The van der Waals surface area contributed by atoms with Crippen LogP contribution in [0.4, 0.5) is 0 Å². The first-order valence-electron chi connectivity index (χ1n) is 10.6. The SMILES string of the molecule is CC[C@H](C(=O)NC(C)C)N(Cc1ccccc1C)C(=O)COc1ccc(C)c(C)c1. The van der Waals surface area contributed by atoms with Crippen molar-refractivity contribution < 1.29 is 14.3 Å². The lowest BCUT2D eigenvalue weighted by molar-refractivity contribution is -0.143. The largest absolute Gasteiger partial charge is 0.484 e. The monoisotopic (exact) mass is 410 g/mol. The van der Waals surface area contributed by atoms with Gasteiger partial charge in [0, 0.05) is 12.6 Å². The van der Waals surface area contributed by atoms with Gasteiger partial charge in [-0.25, -0.2) is 0 Å². The van der Waals surface area contributed by atoms with Crippen LogP contribution >= 0.6 is 0 Å². The summed E-state index contributed by atoms with van der Waals surface area (Å²) in [6.45, 7) is 12.1. The van der Waals surface area contributed by atoms with Gasteiger partial charge in [0.1, 0.15) is 11.8 Å². The highest BCUT2D eigenvalue weighted by atomic mass is 16.5. The molecule has 0 spiro atoms. The molecule has 0 aromatic heterocycles. The summed E-state index contributed by atoms with van der Waals surface area (Å²) in [5, 5.41) is 2.94. The van der Waals surface area contributed by atoms with E-state index in [2.05, 4.69) is 5.32 Å². The van der Waals surface area contributed by atoms with E-state index in [4.69, 9.17) is 4.74 Å². The molecule has 0 fully saturated rings. The minimum Gasteiger partial charge on any atom is -0.484 e. The molecule has 0 aliphatic carbocycles. The van der Waals surface area contributed by atoms with Crippen molar-refractivity contribution in [3.63, 3.8) is 0 Å². The van der Waals surface area contributed by atoms with Crippen molar-refractivity contribution >= 4 is 11.8 Å². The number of amides is 2. The van der Waals surface area contributed by atoms with Gasteiger partial charge in [0.05, 0.1) is 0 Å². The molecule has 2 amide bonds. The van der Waals surface area contributed by atoms with Gasteiger partial charge in [0.2, 0.25) is 5.91 Å². The van der Waals surface area contributed by atoms with Crippen LogP contribution in [-0.2, 0) is 16.1 Å². The van der Waals surface area contributed by atoms with Crippen molar-refractivity contribution in [1.29, 1.82) is 0 Å². The van der Waals surface area contributed by atoms with Crippen LogP contribution in [0.3, 0.4) is 0 Å². The van der Waals surface area contributed by atoms with Crippen molar-refractivity contribution in [1.82, 2.24) is 10.2 Å². The summed E-state index contributed by atoms with van der Waals surface area (Å²) in [5.41, 5.74) is 4.39. The van der Waals surface area contributed by atoms with Crippen molar-refractivity contribution in [2.45, 2.75) is 66.6 Å². The van der Waals surface area contributed by atoms with E-state index in [0.29, 0.717) is 18.7 Å². The van der Waals surface area contributed by atoms with Crippen LogP contribution in [0.15, 0.2) is 42.5 Å². The van der Waals surface area contributed by atoms with Crippen LogP contribution < -0.4 is 10.1 Å². The lowest BCUT2D eigenvalue weighted by atomic mass is 10.1. The Labute approximate surface area is 180 Å². The van der Waals surface area contributed by atoms with Gasteiger partial charge < -0.3 is 15.0 Å². The molecule has 2 aromatic rings. The van der Waals surface area contributed by atoms with E-state index >= 15 is 0 Å². The van der Waals surface area contributed by atoms with Crippen LogP contribution in [0.5, 0.6) is 5.75 Å². The molecule has 5 heteroatoms. The Morgan fingerprint density at radius 1 is 1.00 bits per heavy atom. The van der Waals surface area contributed by atoms with Gasteiger partial charge in [-0.1, -0.05) is 37.3 Å². The summed E-state index contributed by atoms with van der Waals surface area (Å²) in [6.07, 6.45) is 0.528. The molecular formula is C25H34N2O3. The minimum absolute atomic E-state index is 0.00810. The first kappa shape index (κ1) is 23.5. The molecule has 2 rings (SSSR count). The topological polar surface area (TPSA) is 58.6 Å². The van der Waals surface area contributed by atoms with E-state index in [0.717, 1.165) is 16.7 Å². The Bertz CT molecular complexity index is 876. The Balaban J connectivity index is 2.23. The fourth-order valence-corrected chi connectivity index (χ4v) is 3.30. The van der Waals surface area contributed by atoms with E-state index in [1.54, 1.807) is 4.90 Å². The lowest BCUT2D eigenvalue weighted by Crippen LogP contribution is -2.51. The van der Waals surface area contributed by atoms with Gasteiger partial charge in [-0.05, 0) is 75.4 Å². The van der Waals surface area contributed by atoms with Gasteiger partial charge in [0.25, 0.3) is 5.91 Å². The third-order valence-electron chi connectivity index (χ3n) is 5.26. The van der Waals surface area contributed by atoms with E-state index in [1.807, 2.05) is 84.0 Å². The minimum atomic E-state index is -0.553. The fraction of sp³-hybridized carbons (Fsp3) is 0.440. The van der Waals surface area contributed by atoms with Gasteiger partial charge in [0.15, 0.2) is 6.61 Å². The number of hydrogen-bond donors (Lipinski definition) is 1. The molecule has 1 atom stereocenters.